The number of ether oxygens (including phenoxy) is 1. The average molecular weight is 372 g/mol. The zero-order chi connectivity index (χ0) is 15.3. The van der Waals surface area contributed by atoms with E-state index in [9.17, 15) is 13.2 Å². The van der Waals surface area contributed by atoms with Crippen LogP contribution in [0.4, 0.5) is 0 Å². The lowest BCUT2D eigenvalue weighted by molar-refractivity contribution is 0.0661. The van der Waals surface area contributed by atoms with E-state index in [0.29, 0.717) is 0 Å². The van der Waals surface area contributed by atoms with E-state index in [1.54, 1.807) is 0 Å². The van der Waals surface area contributed by atoms with Crippen LogP contribution in [-0.4, -0.2) is 62.3 Å². The molecule has 0 spiro atoms. The second-order valence-electron chi connectivity index (χ2n) is 3.67. The Morgan fingerprint density at radius 1 is 1.50 bits per heavy atom. The number of hydrogen-bond acceptors (Lipinski definition) is 6. The third-order valence-electron chi connectivity index (χ3n) is 2.38. The molecule has 114 valence electrons. The Morgan fingerprint density at radius 2 is 2.15 bits per heavy atom. The second-order valence-corrected chi connectivity index (χ2v) is 6.30. The molecule has 0 aliphatic carbocycles. The molecule has 0 fully saturated rings. The van der Waals surface area contributed by atoms with Crippen LogP contribution in [0.1, 0.15) is 10.6 Å². The van der Waals surface area contributed by atoms with Gasteiger partial charge in [-0.3, -0.25) is 0 Å². The van der Waals surface area contributed by atoms with Crippen LogP contribution < -0.4 is 0 Å². The number of carboxylic acids is 1. The molecule has 0 saturated carbocycles. The van der Waals surface area contributed by atoms with Crippen LogP contribution in [0.2, 0.25) is 0 Å². The molecule has 0 bridgehead atoms. The number of nitrogens with zero attached hydrogens (tertiary/aromatic N) is 1. The lowest BCUT2D eigenvalue weighted by atomic mass is 10.5. The maximum atomic E-state index is 12.4. The van der Waals surface area contributed by atoms with Crippen LogP contribution in [0, 0.1) is 0 Å². The largest absolute Gasteiger partial charge is 0.475 e. The van der Waals surface area contributed by atoms with Crippen LogP contribution in [-0.2, 0) is 14.8 Å². The van der Waals surface area contributed by atoms with Crippen LogP contribution in [0.15, 0.2) is 20.0 Å². The summed E-state index contributed by atoms with van der Waals surface area (Å²) in [7, 11) is -2.57. The van der Waals surface area contributed by atoms with Gasteiger partial charge >= 0.3 is 5.97 Å². The zero-order valence-corrected chi connectivity index (χ0v) is 13.0. The van der Waals surface area contributed by atoms with Gasteiger partial charge in [-0.25, -0.2) is 13.2 Å². The monoisotopic (exact) mass is 371 g/mol. The van der Waals surface area contributed by atoms with Gasteiger partial charge in [0.1, 0.15) is 4.90 Å². The summed E-state index contributed by atoms with van der Waals surface area (Å²) < 4.78 is 35.1. The van der Waals surface area contributed by atoms with Crippen LogP contribution in [0.3, 0.4) is 0 Å². The number of aliphatic hydroxyl groups is 1. The smallest absolute Gasteiger partial charge is 0.371 e. The number of methoxy groups -OCH3 is 1. The van der Waals surface area contributed by atoms with Crippen molar-refractivity contribution in [2.24, 2.45) is 0 Å². The highest BCUT2D eigenvalue weighted by Gasteiger charge is 2.30. The van der Waals surface area contributed by atoms with Crippen molar-refractivity contribution < 1.29 is 32.6 Å². The fourth-order valence-electron chi connectivity index (χ4n) is 1.43. The Labute approximate surface area is 124 Å². The van der Waals surface area contributed by atoms with Gasteiger partial charge in [0, 0.05) is 26.3 Å². The predicted octanol–water partition coefficient (Wildman–Crippen LogP) is 0.370. The highest BCUT2D eigenvalue weighted by molar-refractivity contribution is 9.10. The van der Waals surface area contributed by atoms with Crippen molar-refractivity contribution in [3.05, 3.63) is 16.5 Å². The van der Waals surface area contributed by atoms with Crippen molar-refractivity contribution in [3.63, 3.8) is 0 Å². The maximum absolute atomic E-state index is 12.4. The second kappa shape index (κ2) is 7.18. The van der Waals surface area contributed by atoms with E-state index in [-0.39, 0.29) is 35.9 Å². The standard InChI is InChI=1S/C10H14BrNO7S/c1-18-5-3-12(2-4-13)20(16,17)8-6-7(10(14)15)19-9(8)11/h6,13H,2-5H2,1H3,(H,14,15). The third kappa shape index (κ3) is 3.79. The third-order valence-corrected chi connectivity index (χ3v) is 5.13. The number of halogens is 1. The maximum Gasteiger partial charge on any atom is 0.371 e. The Kier molecular flexibility index (Phi) is 6.14. The first-order valence-electron chi connectivity index (χ1n) is 5.47. The molecule has 0 aromatic carbocycles. The molecule has 1 heterocycles. The number of aliphatic hydroxyl groups excluding tert-OH is 1. The van der Waals surface area contributed by atoms with Crippen molar-refractivity contribution in [3.8, 4) is 0 Å². The molecule has 0 radical (unpaired) electrons. The van der Waals surface area contributed by atoms with Crippen molar-refractivity contribution >= 4 is 31.9 Å². The number of sulfonamides is 1. The van der Waals surface area contributed by atoms with E-state index >= 15 is 0 Å². The number of aromatic carboxylic acids is 1. The summed E-state index contributed by atoms with van der Waals surface area (Å²) in [6.07, 6.45) is 0. The van der Waals surface area contributed by atoms with Crippen molar-refractivity contribution in [2.75, 3.05) is 33.4 Å². The molecule has 20 heavy (non-hydrogen) atoms. The first-order chi connectivity index (χ1) is 9.34. The van der Waals surface area contributed by atoms with E-state index in [2.05, 4.69) is 15.9 Å². The van der Waals surface area contributed by atoms with Crippen molar-refractivity contribution in [2.45, 2.75) is 4.90 Å². The molecule has 0 aliphatic heterocycles. The van der Waals surface area contributed by atoms with Gasteiger partial charge < -0.3 is 19.4 Å². The summed E-state index contributed by atoms with van der Waals surface area (Å²) in [6, 6.07) is 0.916. The summed E-state index contributed by atoms with van der Waals surface area (Å²) in [6.45, 7) is -0.337. The highest BCUT2D eigenvalue weighted by atomic mass is 79.9. The number of rotatable bonds is 8. The number of hydrogen-bond donors (Lipinski definition) is 2. The normalized spacial score (nSPS) is 12.0. The Hall–Kier alpha value is -0.940. The summed E-state index contributed by atoms with van der Waals surface area (Å²) in [5.74, 6) is -1.87. The fraction of sp³-hybridized carbons (Fsp3) is 0.500. The van der Waals surface area contributed by atoms with E-state index in [0.717, 1.165) is 10.4 Å². The first-order valence-corrected chi connectivity index (χ1v) is 7.70. The van der Waals surface area contributed by atoms with Gasteiger partial charge in [0.05, 0.1) is 13.2 Å². The molecule has 1 aromatic rings. The molecule has 10 heteroatoms. The molecule has 0 saturated heterocycles. The van der Waals surface area contributed by atoms with Gasteiger partial charge in [-0.15, -0.1) is 0 Å². The first kappa shape index (κ1) is 17.1. The minimum absolute atomic E-state index is 0.0272. The van der Waals surface area contributed by atoms with Gasteiger partial charge in [0.2, 0.25) is 15.8 Å². The summed E-state index contributed by atoms with van der Waals surface area (Å²) in [5, 5.41) is 17.7. The van der Waals surface area contributed by atoms with E-state index < -0.39 is 21.8 Å². The van der Waals surface area contributed by atoms with Crippen LogP contribution >= 0.6 is 15.9 Å². The minimum atomic E-state index is -3.99. The summed E-state index contributed by atoms with van der Waals surface area (Å²) in [4.78, 5) is 10.5. The average Bonchev–Trinajstić information content (AvgIpc) is 2.77. The Morgan fingerprint density at radius 3 is 2.60 bits per heavy atom. The molecule has 1 aromatic heterocycles. The highest BCUT2D eigenvalue weighted by Crippen LogP contribution is 2.28. The topological polar surface area (TPSA) is 117 Å². The van der Waals surface area contributed by atoms with E-state index in [1.807, 2.05) is 0 Å². The molecule has 0 aliphatic rings. The van der Waals surface area contributed by atoms with Gasteiger partial charge in [0.15, 0.2) is 4.67 Å². The molecule has 8 nitrogen and oxygen atoms in total. The molecule has 0 unspecified atom stereocenters. The molecule has 0 amide bonds. The number of carboxylic acid groups (broad SMARTS) is 1. The molecule has 2 N–H and O–H groups in total. The van der Waals surface area contributed by atoms with E-state index in [1.165, 1.54) is 7.11 Å². The summed E-state index contributed by atoms with van der Waals surface area (Å²) >= 11 is 2.88. The Balaban J connectivity index is 3.15. The van der Waals surface area contributed by atoms with Crippen LogP contribution in [0.25, 0.3) is 0 Å². The van der Waals surface area contributed by atoms with E-state index in [4.69, 9.17) is 19.4 Å². The molecule has 0 atom stereocenters. The Bertz CT molecular complexity index is 568. The van der Waals surface area contributed by atoms with Gasteiger partial charge in [-0.2, -0.15) is 4.31 Å². The van der Waals surface area contributed by atoms with Crippen molar-refractivity contribution in [1.82, 2.24) is 4.31 Å². The lowest BCUT2D eigenvalue weighted by Gasteiger charge is -2.20. The quantitative estimate of drug-likeness (QED) is 0.677. The number of furan rings is 1. The lowest BCUT2D eigenvalue weighted by Crippen LogP contribution is -2.36. The molecular weight excluding hydrogens is 358 g/mol. The van der Waals surface area contributed by atoms with Crippen LogP contribution in [0.5, 0.6) is 0 Å². The fourth-order valence-corrected chi connectivity index (χ4v) is 3.75. The predicted molar refractivity (Wildman–Crippen MR) is 71.1 cm³/mol. The number of carbonyl (C=O) groups is 1. The van der Waals surface area contributed by atoms with Gasteiger partial charge in [-0.05, 0) is 15.9 Å². The zero-order valence-electron chi connectivity index (χ0n) is 10.6. The molecule has 1 rings (SSSR count). The SMILES string of the molecule is COCCN(CCO)S(=O)(=O)c1cc(C(=O)O)oc1Br. The van der Waals surface area contributed by atoms with Crippen molar-refractivity contribution in [1.29, 1.82) is 0 Å². The molecular formula is C10H14BrNO7S. The van der Waals surface area contributed by atoms with Gasteiger partial charge in [-0.1, -0.05) is 0 Å². The summed E-state index contributed by atoms with van der Waals surface area (Å²) in [5.41, 5.74) is 0. The van der Waals surface area contributed by atoms with Gasteiger partial charge in [0.25, 0.3) is 0 Å². The minimum Gasteiger partial charge on any atom is -0.475 e.